The Labute approximate surface area is 122 Å². The Morgan fingerprint density at radius 3 is 2.67 bits per heavy atom. The number of aliphatic hydroxyl groups excluding tert-OH is 1. The first kappa shape index (κ1) is 15.2. The van der Waals surface area contributed by atoms with Crippen molar-refractivity contribution in [2.45, 2.75) is 25.5 Å². The third kappa shape index (κ3) is 4.13. The van der Waals surface area contributed by atoms with Crippen molar-refractivity contribution in [2.24, 2.45) is 7.05 Å². The number of aromatic nitrogens is 2. The van der Waals surface area contributed by atoms with Crippen LogP contribution in [-0.4, -0.2) is 26.8 Å². The quantitative estimate of drug-likeness (QED) is 0.882. The number of carbonyl (C=O) groups excluding carboxylic acids is 1. The molecule has 2 N–H and O–H groups in total. The summed E-state index contributed by atoms with van der Waals surface area (Å²) in [4.78, 5) is 11.9. The maximum atomic E-state index is 12.8. The van der Waals surface area contributed by atoms with E-state index >= 15 is 0 Å². The van der Waals surface area contributed by atoms with Crippen LogP contribution in [0.4, 0.5) is 4.39 Å². The summed E-state index contributed by atoms with van der Waals surface area (Å²) in [7, 11) is 1.73. The molecular weight excluding hydrogens is 273 g/mol. The second-order valence-corrected chi connectivity index (χ2v) is 5.08. The average molecular weight is 291 g/mol. The predicted molar refractivity (Wildman–Crippen MR) is 76.1 cm³/mol. The van der Waals surface area contributed by atoms with Gasteiger partial charge in [0.05, 0.1) is 17.9 Å². The van der Waals surface area contributed by atoms with Crippen molar-refractivity contribution in [3.05, 3.63) is 53.6 Å². The smallest absolute Gasteiger partial charge is 0.254 e. The van der Waals surface area contributed by atoms with Gasteiger partial charge in [0.25, 0.3) is 5.91 Å². The SMILES string of the molecule is CC(CC(O)c1ccc(F)cc1)NC(=O)c1cnn(C)c1. The van der Waals surface area contributed by atoms with Crippen LogP contribution in [-0.2, 0) is 7.05 Å². The van der Waals surface area contributed by atoms with Crippen LogP contribution in [0.5, 0.6) is 0 Å². The Hall–Kier alpha value is -2.21. The summed E-state index contributed by atoms with van der Waals surface area (Å²) >= 11 is 0. The normalized spacial score (nSPS) is 13.7. The Morgan fingerprint density at radius 1 is 1.43 bits per heavy atom. The molecule has 112 valence electrons. The van der Waals surface area contributed by atoms with Crippen LogP contribution < -0.4 is 5.32 Å². The van der Waals surface area contributed by atoms with E-state index in [2.05, 4.69) is 10.4 Å². The molecule has 2 aromatic rings. The van der Waals surface area contributed by atoms with E-state index < -0.39 is 6.10 Å². The number of rotatable bonds is 5. The van der Waals surface area contributed by atoms with Gasteiger partial charge in [-0.2, -0.15) is 5.10 Å². The van der Waals surface area contributed by atoms with Crippen molar-refractivity contribution in [2.75, 3.05) is 0 Å². The first-order valence-electron chi connectivity index (χ1n) is 6.68. The first-order chi connectivity index (χ1) is 9.95. The molecular formula is C15H18FN3O2. The van der Waals surface area contributed by atoms with Gasteiger partial charge in [0.2, 0.25) is 0 Å². The number of nitrogens with one attached hydrogen (secondary N) is 1. The summed E-state index contributed by atoms with van der Waals surface area (Å²) in [6.07, 6.45) is 2.70. The van der Waals surface area contributed by atoms with E-state index in [1.54, 1.807) is 24.9 Å². The Bertz CT molecular complexity index is 610. The van der Waals surface area contributed by atoms with E-state index in [0.717, 1.165) is 0 Å². The molecule has 0 aliphatic rings. The van der Waals surface area contributed by atoms with Crippen molar-refractivity contribution < 1.29 is 14.3 Å². The zero-order chi connectivity index (χ0) is 15.4. The van der Waals surface area contributed by atoms with Gasteiger partial charge >= 0.3 is 0 Å². The monoisotopic (exact) mass is 291 g/mol. The highest BCUT2D eigenvalue weighted by Gasteiger charge is 2.16. The van der Waals surface area contributed by atoms with Gasteiger partial charge in [-0.25, -0.2) is 4.39 Å². The minimum absolute atomic E-state index is 0.224. The Morgan fingerprint density at radius 2 is 2.10 bits per heavy atom. The molecule has 5 nitrogen and oxygen atoms in total. The second kappa shape index (κ2) is 6.49. The van der Waals surface area contributed by atoms with Crippen LogP contribution in [0.2, 0.25) is 0 Å². The minimum Gasteiger partial charge on any atom is -0.388 e. The molecule has 0 aliphatic heterocycles. The van der Waals surface area contributed by atoms with Gasteiger partial charge in [0.15, 0.2) is 0 Å². The molecule has 2 atom stereocenters. The van der Waals surface area contributed by atoms with Gasteiger partial charge in [0.1, 0.15) is 5.82 Å². The molecule has 1 amide bonds. The largest absolute Gasteiger partial charge is 0.388 e. The number of aliphatic hydroxyl groups is 1. The molecule has 21 heavy (non-hydrogen) atoms. The van der Waals surface area contributed by atoms with Gasteiger partial charge < -0.3 is 10.4 Å². The van der Waals surface area contributed by atoms with Crippen molar-refractivity contribution in [1.82, 2.24) is 15.1 Å². The number of halogens is 1. The lowest BCUT2D eigenvalue weighted by molar-refractivity contribution is 0.0917. The Balaban J connectivity index is 1.90. The van der Waals surface area contributed by atoms with E-state index in [1.165, 1.54) is 30.5 Å². The fraction of sp³-hybridized carbons (Fsp3) is 0.333. The molecule has 1 heterocycles. The summed E-state index contributed by atoms with van der Waals surface area (Å²) < 4.78 is 14.4. The zero-order valence-corrected chi connectivity index (χ0v) is 12.0. The van der Waals surface area contributed by atoms with Crippen molar-refractivity contribution >= 4 is 5.91 Å². The van der Waals surface area contributed by atoms with Gasteiger partial charge in [-0.3, -0.25) is 9.48 Å². The van der Waals surface area contributed by atoms with E-state index in [4.69, 9.17) is 0 Å². The van der Waals surface area contributed by atoms with Gasteiger partial charge in [-0.1, -0.05) is 12.1 Å². The molecule has 6 heteroatoms. The number of carbonyl (C=O) groups is 1. The second-order valence-electron chi connectivity index (χ2n) is 5.08. The minimum atomic E-state index is -0.755. The standard InChI is InChI=1S/C15H18FN3O2/c1-10(18-15(21)12-8-17-19(2)9-12)7-14(20)11-3-5-13(16)6-4-11/h3-6,8-10,14,20H,7H2,1-2H3,(H,18,21). The lowest BCUT2D eigenvalue weighted by atomic mass is 10.0. The van der Waals surface area contributed by atoms with Crippen LogP contribution in [0.25, 0.3) is 0 Å². The van der Waals surface area contributed by atoms with Crippen molar-refractivity contribution in [3.8, 4) is 0 Å². The third-order valence-corrected chi connectivity index (χ3v) is 3.18. The van der Waals surface area contributed by atoms with Gasteiger partial charge in [0, 0.05) is 19.3 Å². The van der Waals surface area contributed by atoms with Gasteiger partial charge in [-0.15, -0.1) is 0 Å². The average Bonchev–Trinajstić information content (AvgIpc) is 2.86. The number of hydrogen-bond donors (Lipinski definition) is 2. The highest BCUT2D eigenvalue weighted by molar-refractivity contribution is 5.93. The fourth-order valence-electron chi connectivity index (χ4n) is 2.06. The number of hydrogen-bond acceptors (Lipinski definition) is 3. The zero-order valence-electron chi connectivity index (χ0n) is 12.0. The number of nitrogens with zero attached hydrogens (tertiary/aromatic N) is 2. The molecule has 0 aliphatic carbocycles. The third-order valence-electron chi connectivity index (χ3n) is 3.18. The van der Waals surface area contributed by atoms with Crippen LogP contribution in [0.1, 0.15) is 35.4 Å². The highest BCUT2D eigenvalue weighted by atomic mass is 19.1. The van der Waals surface area contributed by atoms with E-state index in [9.17, 15) is 14.3 Å². The molecule has 1 aromatic heterocycles. The molecule has 1 aromatic carbocycles. The van der Waals surface area contributed by atoms with Crippen LogP contribution in [0.15, 0.2) is 36.7 Å². The maximum absolute atomic E-state index is 12.8. The molecule has 0 fully saturated rings. The number of aryl methyl sites for hydroxylation is 1. The summed E-state index contributed by atoms with van der Waals surface area (Å²) in [5.74, 6) is -0.578. The fourth-order valence-corrected chi connectivity index (χ4v) is 2.06. The summed E-state index contributed by atoms with van der Waals surface area (Å²) in [5.41, 5.74) is 1.10. The topological polar surface area (TPSA) is 67.2 Å². The first-order valence-corrected chi connectivity index (χ1v) is 6.68. The van der Waals surface area contributed by atoms with Crippen molar-refractivity contribution in [3.63, 3.8) is 0 Å². The van der Waals surface area contributed by atoms with E-state index in [-0.39, 0.29) is 17.8 Å². The van der Waals surface area contributed by atoms with E-state index in [0.29, 0.717) is 17.5 Å². The molecule has 0 saturated heterocycles. The Kier molecular flexibility index (Phi) is 4.70. The lowest BCUT2D eigenvalue weighted by Crippen LogP contribution is -2.33. The van der Waals surface area contributed by atoms with Crippen LogP contribution in [0.3, 0.4) is 0 Å². The summed E-state index contributed by atoms with van der Waals surface area (Å²) in [6, 6.07) is 5.46. The van der Waals surface area contributed by atoms with Gasteiger partial charge in [-0.05, 0) is 31.0 Å². The van der Waals surface area contributed by atoms with E-state index in [1.807, 2.05) is 0 Å². The highest BCUT2D eigenvalue weighted by Crippen LogP contribution is 2.18. The van der Waals surface area contributed by atoms with Crippen LogP contribution in [0, 0.1) is 5.82 Å². The predicted octanol–water partition coefficient (Wildman–Crippen LogP) is 1.80. The lowest BCUT2D eigenvalue weighted by Gasteiger charge is -2.18. The number of benzene rings is 1. The molecule has 2 unspecified atom stereocenters. The molecule has 0 saturated carbocycles. The maximum Gasteiger partial charge on any atom is 0.254 e. The van der Waals surface area contributed by atoms with Crippen molar-refractivity contribution in [1.29, 1.82) is 0 Å². The number of amides is 1. The summed E-state index contributed by atoms with van der Waals surface area (Å²) in [6.45, 7) is 1.81. The summed E-state index contributed by atoms with van der Waals surface area (Å²) in [5, 5.41) is 16.8. The molecule has 2 rings (SSSR count). The molecule has 0 bridgehead atoms. The molecule has 0 radical (unpaired) electrons. The molecule has 0 spiro atoms. The van der Waals surface area contributed by atoms with Crippen LogP contribution >= 0.6 is 0 Å².